The van der Waals surface area contributed by atoms with Crippen molar-refractivity contribution >= 4 is 18.0 Å². The highest BCUT2D eigenvalue weighted by Gasteiger charge is 2.63. The van der Waals surface area contributed by atoms with E-state index in [9.17, 15) is 14.4 Å². The molecule has 0 saturated heterocycles. The number of carboxylic acids is 1. The van der Waals surface area contributed by atoms with Crippen molar-refractivity contribution in [2.45, 2.75) is 89.6 Å². The average molecular weight is 490 g/mol. The fourth-order valence-corrected chi connectivity index (χ4v) is 5.82. The van der Waals surface area contributed by atoms with Crippen LogP contribution < -0.4 is 9.47 Å². The van der Waals surface area contributed by atoms with Crippen molar-refractivity contribution in [1.29, 1.82) is 0 Å². The third-order valence-corrected chi connectivity index (χ3v) is 7.41. The summed E-state index contributed by atoms with van der Waals surface area (Å²) in [4.78, 5) is 37.9. The van der Waals surface area contributed by atoms with Crippen LogP contribution in [0.5, 0.6) is 11.5 Å². The number of hydrogen-bond donors (Lipinski definition) is 1. The molecule has 35 heavy (non-hydrogen) atoms. The number of esters is 1. The van der Waals surface area contributed by atoms with E-state index in [1.54, 1.807) is 12.0 Å². The van der Waals surface area contributed by atoms with Gasteiger partial charge in [-0.2, -0.15) is 0 Å². The maximum Gasteiger partial charge on any atom is 0.410 e. The van der Waals surface area contributed by atoms with Crippen molar-refractivity contribution in [3.8, 4) is 11.5 Å². The highest BCUT2D eigenvalue weighted by atomic mass is 16.6. The largest absolute Gasteiger partial charge is 0.493 e. The number of hydrogen-bond acceptors (Lipinski definition) is 7. The summed E-state index contributed by atoms with van der Waals surface area (Å²) in [6.45, 7) is 8.49. The Kier molecular flexibility index (Phi) is 6.64. The SMILES string of the molecule is COc1ccc2c3c1O[C@H]1C[C@@H](OC(=O)CCCC(=O)O)C(C)[C@@]31CCN(C(=O)OC(C)(C)C)C2. The van der Waals surface area contributed by atoms with E-state index in [4.69, 9.17) is 24.1 Å². The second kappa shape index (κ2) is 9.24. The molecule has 4 rings (SSSR count). The van der Waals surface area contributed by atoms with Crippen LogP contribution in [0.1, 0.15) is 70.9 Å². The van der Waals surface area contributed by atoms with Crippen LogP contribution in [-0.2, 0) is 31.0 Å². The molecule has 0 bridgehead atoms. The van der Waals surface area contributed by atoms with E-state index >= 15 is 0 Å². The van der Waals surface area contributed by atoms with Gasteiger partial charge in [-0.15, -0.1) is 0 Å². The zero-order valence-corrected chi connectivity index (χ0v) is 21.1. The Balaban J connectivity index is 1.62. The Labute approximate surface area is 205 Å². The van der Waals surface area contributed by atoms with Crippen LogP contribution >= 0.6 is 0 Å². The highest BCUT2D eigenvalue weighted by Crippen LogP contribution is 2.61. The molecule has 1 aromatic carbocycles. The Morgan fingerprint density at radius 2 is 1.97 bits per heavy atom. The van der Waals surface area contributed by atoms with Gasteiger partial charge in [0, 0.05) is 49.2 Å². The van der Waals surface area contributed by atoms with Crippen molar-refractivity contribution in [3.63, 3.8) is 0 Å². The number of carbonyl (C=O) groups excluding carboxylic acids is 2. The molecule has 1 aliphatic carbocycles. The summed E-state index contributed by atoms with van der Waals surface area (Å²) in [5.74, 6) is -0.0344. The highest BCUT2D eigenvalue weighted by molar-refractivity contribution is 5.72. The predicted octanol–water partition coefficient (Wildman–Crippen LogP) is 4.04. The van der Waals surface area contributed by atoms with Crippen LogP contribution in [0.15, 0.2) is 12.1 Å². The van der Waals surface area contributed by atoms with Crippen molar-refractivity contribution < 1.29 is 38.4 Å². The summed E-state index contributed by atoms with van der Waals surface area (Å²) >= 11 is 0. The standard InChI is InChI=1S/C26H35NO8/c1-15-18(33-21(30)8-6-7-20(28)29)13-19-26(15)11-12-27(24(31)35-25(2,3)4)14-16-9-10-17(32-5)23(34-19)22(16)26/h9-10,15,18-19H,6-8,11-14H2,1-5H3,(H,28,29)/t15?,18-,19+,26-/m1/s1. The molecule has 1 aromatic rings. The molecule has 1 N–H and O–H groups in total. The first-order chi connectivity index (χ1) is 16.5. The first-order valence-corrected chi connectivity index (χ1v) is 12.2. The lowest BCUT2D eigenvalue weighted by molar-refractivity contribution is -0.151. The number of amides is 1. The third kappa shape index (κ3) is 4.65. The van der Waals surface area contributed by atoms with Gasteiger partial charge in [-0.1, -0.05) is 13.0 Å². The summed E-state index contributed by atoms with van der Waals surface area (Å²) in [6, 6.07) is 3.85. The number of benzene rings is 1. The lowest BCUT2D eigenvalue weighted by atomic mass is 9.69. The van der Waals surface area contributed by atoms with Crippen molar-refractivity contribution in [3.05, 3.63) is 23.3 Å². The Hall–Kier alpha value is -2.97. The zero-order chi connectivity index (χ0) is 25.5. The van der Waals surface area contributed by atoms with Gasteiger partial charge < -0.3 is 29.0 Å². The molecule has 0 aromatic heterocycles. The van der Waals surface area contributed by atoms with E-state index in [-0.39, 0.29) is 43.5 Å². The summed E-state index contributed by atoms with van der Waals surface area (Å²) in [5, 5.41) is 8.83. The van der Waals surface area contributed by atoms with Crippen LogP contribution in [-0.4, -0.2) is 59.5 Å². The summed E-state index contributed by atoms with van der Waals surface area (Å²) in [6.07, 6.45) is 0.458. The van der Waals surface area contributed by atoms with Gasteiger partial charge in [0.1, 0.15) is 17.8 Å². The number of ether oxygens (including phenoxy) is 4. The van der Waals surface area contributed by atoms with Gasteiger partial charge in [0.2, 0.25) is 0 Å². The Morgan fingerprint density at radius 1 is 1.23 bits per heavy atom. The second-order valence-corrected chi connectivity index (χ2v) is 10.7. The molecule has 3 aliphatic rings. The molecule has 1 spiro atoms. The van der Waals surface area contributed by atoms with E-state index in [0.29, 0.717) is 37.4 Å². The van der Waals surface area contributed by atoms with Crippen LogP contribution in [0.25, 0.3) is 0 Å². The van der Waals surface area contributed by atoms with E-state index in [0.717, 1.165) is 11.1 Å². The lowest BCUT2D eigenvalue weighted by Crippen LogP contribution is -2.42. The van der Waals surface area contributed by atoms with Crippen LogP contribution in [0.3, 0.4) is 0 Å². The molecule has 2 aliphatic heterocycles. The molecular formula is C26H35NO8. The number of methoxy groups -OCH3 is 1. The van der Waals surface area contributed by atoms with E-state index in [2.05, 4.69) is 6.92 Å². The molecule has 1 fully saturated rings. The molecule has 0 radical (unpaired) electrons. The second-order valence-electron chi connectivity index (χ2n) is 10.7. The van der Waals surface area contributed by atoms with E-state index in [1.807, 2.05) is 32.9 Å². The van der Waals surface area contributed by atoms with Gasteiger partial charge in [-0.05, 0) is 45.2 Å². The minimum absolute atomic E-state index is 0.0656. The third-order valence-electron chi connectivity index (χ3n) is 7.41. The van der Waals surface area contributed by atoms with Crippen molar-refractivity contribution in [2.24, 2.45) is 5.92 Å². The molecular weight excluding hydrogens is 454 g/mol. The summed E-state index contributed by atoms with van der Waals surface area (Å²) in [5.41, 5.74) is 0.969. The Bertz CT molecular complexity index is 1020. The molecule has 4 atom stereocenters. The first kappa shape index (κ1) is 25.1. The molecule has 1 unspecified atom stereocenters. The number of rotatable bonds is 6. The van der Waals surface area contributed by atoms with Crippen molar-refractivity contribution in [1.82, 2.24) is 4.90 Å². The number of nitrogens with zero attached hydrogens (tertiary/aromatic N) is 1. The van der Waals surface area contributed by atoms with Crippen LogP contribution in [0, 0.1) is 5.92 Å². The number of carboxylic acid groups (broad SMARTS) is 1. The Morgan fingerprint density at radius 3 is 2.63 bits per heavy atom. The minimum atomic E-state index is -0.931. The molecule has 9 heteroatoms. The quantitative estimate of drug-likeness (QED) is 0.596. The maximum atomic E-state index is 13.0. The fourth-order valence-electron chi connectivity index (χ4n) is 5.82. The summed E-state index contributed by atoms with van der Waals surface area (Å²) < 4.78 is 23.6. The van der Waals surface area contributed by atoms with Gasteiger partial charge in [0.25, 0.3) is 0 Å². The van der Waals surface area contributed by atoms with Gasteiger partial charge >= 0.3 is 18.0 Å². The monoisotopic (exact) mass is 489 g/mol. The first-order valence-electron chi connectivity index (χ1n) is 12.2. The molecule has 1 amide bonds. The maximum absolute atomic E-state index is 13.0. The topological polar surface area (TPSA) is 112 Å². The minimum Gasteiger partial charge on any atom is -0.493 e. The van der Waals surface area contributed by atoms with Gasteiger partial charge in [0.15, 0.2) is 11.5 Å². The fraction of sp³-hybridized carbons (Fsp3) is 0.654. The van der Waals surface area contributed by atoms with Crippen LogP contribution in [0.2, 0.25) is 0 Å². The molecule has 192 valence electrons. The van der Waals surface area contributed by atoms with Gasteiger partial charge in [0.05, 0.1) is 7.11 Å². The van der Waals surface area contributed by atoms with Crippen LogP contribution in [0.4, 0.5) is 4.79 Å². The predicted molar refractivity (Wildman–Crippen MR) is 125 cm³/mol. The zero-order valence-electron chi connectivity index (χ0n) is 21.1. The summed E-state index contributed by atoms with van der Waals surface area (Å²) in [7, 11) is 1.61. The molecule has 1 saturated carbocycles. The van der Waals surface area contributed by atoms with E-state index < -0.39 is 23.0 Å². The number of carbonyl (C=O) groups is 3. The van der Waals surface area contributed by atoms with Crippen molar-refractivity contribution in [2.75, 3.05) is 13.7 Å². The van der Waals surface area contributed by atoms with E-state index in [1.165, 1.54) is 0 Å². The lowest BCUT2D eigenvalue weighted by Gasteiger charge is -2.34. The normalized spacial score (nSPS) is 26.8. The smallest absolute Gasteiger partial charge is 0.410 e. The molecule has 2 heterocycles. The number of aliphatic carboxylic acids is 1. The average Bonchev–Trinajstić information content (AvgIpc) is 3.12. The van der Waals surface area contributed by atoms with Gasteiger partial charge in [-0.25, -0.2) is 4.79 Å². The van der Waals surface area contributed by atoms with Gasteiger partial charge in [-0.3, -0.25) is 9.59 Å². The molecule has 9 nitrogen and oxygen atoms in total.